The molecule has 0 saturated heterocycles. The second-order valence-corrected chi connectivity index (χ2v) is 9.51. The maximum atomic E-state index is 4.99. The van der Waals surface area contributed by atoms with E-state index in [1.165, 1.54) is 36.6 Å². The van der Waals surface area contributed by atoms with Gasteiger partial charge in [0.05, 0.1) is 17.4 Å². The number of aromatic nitrogens is 5. The van der Waals surface area contributed by atoms with Crippen LogP contribution in [0.4, 0.5) is 11.8 Å². The van der Waals surface area contributed by atoms with Crippen LogP contribution in [0.15, 0.2) is 36.8 Å². The summed E-state index contributed by atoms with van der Waals surface area (Å²) in [6.07, 6.45) is 10.7. The highest BCUT2D eigenvalue weighted by molar-refractivity contribution is 6.06. The van der Waals surface area contributed by atoms with E-state index in [9.17, 15) is 0 Å². The van der Waals surface area contributed by atoms with Crippen LogP contribution < -0.4 is 10.6 Å². The highest BCUT2D eigenvalue weighted by atomic mass is 15.2. The van der Waals surface area contributed by atoms with E-state index < -0.39 is 0 Å². The Morgan fingerprint density at radius 3 is 2.75 bits per heavy atom. The van der Waals surface area contributed by atoms with Crippen molar-refractivity contribution in [3.05, 3.63) is 48.0 Å². The molecule has 1 atom stereocenters. The Hall–Kier alpha value is -3.06. The first kappa shape index (κ1) is 19.6. The number of nitrogens with zero attached hydrogens (tertiary/aromatic N) is 5. The van der Waals surface area contributed by atoms with Crippen molar-refractivity contribution in [1.29, 1.82) is 0 Å². The fourth-order valence-corrected chi connectivity index (χ4v) is 5.38. The Labute approximate surface area is 187 Å². The quantitative estimate of drug-likeness (QED) is 0.475. The maximum Gasteiger partial charge on any atom is 0.230 e. The van der Waals surface area contributed by atoms with Crippen LogP contribution in [0.3, 0.4) is 0 Å². The van der Waals surface area contributed by atoms with Gasteiger partial charge in [-0.25, -0.2) is 9.97 Å². The van der Waals surface area contributed by atoms with E-state index >= 15 is 0 Å². The van der Waals surface area contributed by atoms with Gasteiger partial charge in [0.2, 0.25) is 5.95 Å². The highest BCUT2D eigenvalue weighted by Gasteiger charge is 2.25. The Morgan fingerprint density at radius 1 is 1.00 bits per heavy atom. The molecule has 7 nitrogen and oxygen atoms in total. The molecule has 32 heavy (non-hydrogen) atoms. The minimum Gasteiger partial charge on any atom is -0.321 e. The zero-order valence-corrected chi connectivity index (χ0v) is 18.7. The lowest BCUT2D eigenvalue weighted by molar-refractivity contribution is 0.298. The molecule has 1 fully saturated rings. The van der Waals surface area contributed by atoms with Crippen molar-refractivity contribution in [2.75, 3.05) is 11.9 Å². The van der Waals surface area contributed by atoms with Gasteiger partial charge in [-0.2, -0.15) is 4.98 Å². The molecule has 2 N–H and O–H groups in total. The third-order valence-corrected chi connectivity index (χ3v) is 7.18. The molecule has 0 bridgehead atoms. The molecule has 0 radical (unpaired) electrons. The van der Waals surface area contributed by atoms with Gasteiger partial charge in [0.25, 0.3) is 0 Å². The molecule has 7 heteroatoms. The summed E-state index contributed by atoms with van der Waals surface area (Å²) < 4.78 is 2.41. The number of hydrogen-bond acceptors (Lipinski definition) is 6. The first-order valence-electron chi connectivity index (χ1n) is 11.8. The first-order valence-corrected chi connectivity index (χ1v) is 11.8. The highest BCUT2D eigenvalue weighted by Crippen LogP contribution is 2.38. The summed E-state index contributed by atoms with van der Waals surface area (Å²) in [4.78, 5) is 18.9. The molecule has 1 aliphatic heterocycles. The number of nitrogens with one attached hydrogen (secondary N) is 2. The average Bonchev–Trinajstić information content (AvgIpc) is 3.14. The van der Waals surface area contributed by atoms with Crippen molar-refractivity contribution >= 4 is 33.7 Å². The van der Waals surface area contributed by atoms with E-state index in [0.29, 0.717) is 17.9 Å². The molecule has 0 spiro atoms. The zero-order valence-electron chi connectivity index (χ0n) is 18.7. The van der Waals surface area contributed by atoms with Gasteiger partial charge in [0.1, 0.15) is 11.5 Å². The van der Waals surface area contributed by atoms with Crippen LogP contribution in [-0.2, 0) is 6.54 Å². The van der Waals surface area contributed by atoms with Gasteiger partial charge in [0, 0.05) is 48.2 Å². The van der Waals surface area contributed by atoms with Crippen LogP contribution in [-0.4, -0.2) is 31.0 Å². The van der Waals surface area contributed by atoms with Crippen LogP contribution >= 0.6 is 0 Å². The lowest BCUT2D eigenvalue weighted by Gasteiger charge is -2.28. The predicted octanol–water partition coefficient (Wildman–Crippen LogP) is 5.08. The van der Waals surface area contributed by atoms with E-state index in [-0.39, 0.29) is 0 Å². The standard InChI is InChI=1S/C25H29N7/c1-15-3-6-18(7-4-15)32-21-14-26-10-9-19(21)20-13-28-25(31-24(20)32)30-22-8-5-17-12-27-11-16(2)23(17)29-22/h5,8-10,13-16,18,27H,3-4,6-7,11-12H2,1-2H3,(H,28,29,30,31). The Kier molecular flexibility index (Phi) is 4.79. The SMILES string of the molecule is CC1CCC(n2c3cnccc3c3cnc(Nc4ccc5c(n4)C(C)CNC5)nc32)CC1. The van der Waals surface area contributed by atoms with Crippen LogP contribution in [0.25, 0.3) is 21.9 Å². The zero-order chi connectivity index (χ0) is 21.7. The van der Waals surface area contributed by atoms with Gasteiger partial charge in [-0.3, -0.25) is 4.98 Å². The molecule has 4 aromatic rings. The minimum atomic E-state index is 0.396. The summed E-state index contributed by atoms with van der Waals surface area (Å²) in [6, 6.07) is 6.70. The number of anilines is 2. The number of fused-ring (bicyclic) bond motifs is 4. The second kappa shape index (κ2) is 7.81. The fraction of sp³-hybridized carbons (Fsp3) is 0.440. The molecule has 1 unspecified atom stereocenters. The minimum absolute atomic E-state index is 0.396. The molecular formula is C25H29N7. The predicted molar refractivity (Wildman–Crippen MR) is 127 cm³/mol. The number of pyridine rings is 2. The van der Waals surface area contributed by atoms with Crippen LogP contribution in [0.1, 0.15) is 62.7 Å². The summed E-state index contributed by atoms with van der Waals surface area (Å²) in [5.41, 5.74) is 4.57. The summed E-state index contributed by atoms with van der Waals surface area (Å²) in [7, 11) is 0. The molecule has 1 saturated carbocycles. The Bertz CT molecular complexity index is 1290. The van der Waals surface area contributed by atoms with Crippen LogP contribution in [0, 0.1) is 5.92 Å². The maximum absolute atomic E-state index is 4.99. The first-order chi connectivity index (χ1) is 15.7. The molecule has 4 aromatic heterocycles. The largest absolute Gasteiger partial charge is 0.321 e. The topological polar surface area (TPSA) is 80.5 Å². The Balaban J connectivity index is 1.41. The molecule has 0 aromatic carbocycles. The lowest BCUT2D eigenvalue weighted by atomic mass is 9.87. The van der Waals surface area contributed by atoms with Gasteiger partial charge >= 0.3 is 0 Å². The average molecular weight is 428 g/mol. The van der Waals surface area contributed by atoms with Gasteiger partial charge in [-0.1, -0.05) is 19.9 Å². The smallest absolute Gasteiger partial charge is 0.230 e. The molecule has 164 valence electrons. The van der Waals surface area contributed by atoms with Crippen molar-refractivity contribution in [3.8, 4) is 0 Å². The van der Waals surface area contributed by atoms with E-state index in [4.69, 9.17) is 9.97 Å². The normalized spacial score (nSPS) is 23.4. The van der Waals surface area contributed by atoms with Gasteiger partial charge in [-0.15, -0.1) is 0 Å². The molecule has 0 amide bonds. The summed E-state index contributed by atoms with van der Waals surface area (Å²) in [5.74, 6) is 2.59. The third kappa shape index (κ3) is 3.32. The molecule has 5 heterocycles. The van der Waals surface area contributed by atoms with E-state index in [2.05, 4.69) is 51.1 Å². The molecule has 2 aliphatic rings. The third-order valence-electron chi connectivity index (χ3n) is 7.18. The lowest BCUT2D eigenvalue weighted by Crippen LogP contribution is -2.27. The van der Waals surface area contributed by atoms with Crippen molar-refractivity contribution < 1.29 is 0 Å². The van der Waals surface area contributed by atoms with E-state index in [0.717, 1.165) is 47.1 Å². The Morgan fingerprint density at radius 2 is 1.88 bits per heavy atom. The van der Waals surface area contributed by atoms with Crippen molar-refractivity contribution in [3.63, 3.8) is 0 Å². The van der Waals surface area contributed by atoms with Gasteiger partial charge < -0.3 is 15.2 Å². The van der Waals surface area contributed by atoms with Gasteiger partial charge in [0.15, 0.2) is 0 Å². The number of hydrogen-bond donors (Lipinski definition) is 2. The van der Waals surface area contributed by atoms with E-state index in [1.54, 1.807) is 0 Å². The van der Waals surface area contributed by atoms with Crippen molar-refractivity contribution in [2.45, 2.75) is 58.0 Å². The second-order valence-electron chi connectivity index (χ2n) is 9.51. The molecule has 1 aliphatic carbocycles. The van der Waals surface area contributed by atoms with E-state index in [1.807, 2.05) is 24.7 Å². The van der Waals surface area contributed by atoms with Crippen molar-refractivity contribution in [1.82, 2.24) is 29.8 Å². The summed E-state index contributed by atoms with van der Waals surface area (Å²) in [5, 5.41) is 9.07. The number of rotatable bonds is 3. The van der Waals surface area contributed by atoms with Gasteiger partial charge in [-0.05, 0) is 49.3 Å². The van der Waals surface area contributed by atoms with Crippen molar-refractivity contribution in [2.24, 2.45) is 5.92 Å². The monoisotopic (exact) mass is 427 g/mol. The summed E-state index contributed by atoms with van der Waals surface area (Å²) >= 11 is 0. The summed E-state index contributed by atoms with van der Waals surface area (Å²) in [6.45, 7) is 6.40. The van der Waals surface area contributed by atoms with Crippen LogP contribution in [0.2, 0.25) is 0 Å². The fourth-order valence-electron chi connectivity index (χ4n) is 5.38. The van der Waals surface area contributed by atoms with Crippen LogP contribution in [0.5, 0.6) is 0 Å². The molecule has 6 rings (SSSR count). The molecular weight excluding hydrogens is 398 g/mol.